The summed E-state index contributed by atoms with van der Waals surface area (Å²) in [5.41, 5.74) is 7.01. The first-order chi connectivity index (χ1) is 15.8. The lowest BCUT2D eigenvalue weighted by Crippen LogP contribution is -2.12. The molecule has 1 aromatic heterocycles. The first-order valence-corrected chi connectivity index (χ1v) is 11.4. The fourth-order valence-corrected chi connectivity index (χ4v) is 2.84. The lowest BCUT2D eigenvalue weighted by atomic mass is 10.0. The van der Waals surface area contributed by atoms with Crippen molar-refractivity contribution >= 4 is 29.7 Å². The number of carbonyl (C=O) groups excluding carboxylic acids is 2. The highest BCUT2D eigenvalue weighted by Gasteiger charge is 2.24. The standard InChI is InChI=1S/C16H16N2O.C5H13N.C3H8O.C2H5NO/c1-9-4-5-14-12(6-9)13(16(19)18-14)8-15-10(2)7-11(3)17-15;1-3-5-6-4-2;1-3-4-2;1-3-2-4/h4-8,17H,1-3H3,(H,18,19);6H,3-5H2,1-2H3;3H2,1-2H3;2H,1H3,(H,3,4)/b13-8-;;;. The summed E-state index contributed by atoms with van der Waals surface area (Å²) in [5.74, 6) is -0.0350. The van der Waals surface area contributed by atoms with Gasteiger partial charge in [-0.25, -0.2) is 0 Å². The van der Waals surface area contributed by atoms with E-state index >= 15 is 0 Å². The van der Waals surface area contributed by atoms with E-state index in [1.165, 1.54) is 6.42 Å². The number of benzene rings is 1. The summed E-state index contributed by atoms with van der Waals surface area (Å²) in [5, 5.41) is 8.35. The third kappa shape index (κ3) is 11.5. The molecule has 3 rings (SSSR count). The monoisotopic (exact) mass is 458 g/mol. The molecule has 4 N–H and O–H groups in total. The zero-order valence-corrected chi connectivity index (χ0v) is 21.5. The van der Waals surface area contributed by atoms with Gasteiger partial charge < -0.3 is 25.7 Å². The van der Waals surface area contributed by atoms with E-state index in [4.69, 9.17) is 4.79 Å². The van der Waals surface area contributed by atoms with Crippen molar-refractivity contribution in [3.05, 3.63) is 52.3 Å². The molecule has 0 spiro atoms. The number of aromatic amines is 1. The zero-order valence-electron chi connectivity index (χ0n) is 21.5. The quantitative estimate of drug-likeness (QED) is 0.292. The minimum absolute atomic E-state index is 0.0350. The number of aryl methyl sites for hydroxylation is 3. The van der Waals surface area contributed by atoms with E-state index in [9.17, 15) is 4.79 Å². The van der Waals surface area contributed by atoms with E-state index in [-0.39, 0.29) is 5.91 Å². The van der Waals surface area contributed by atoms with Crippen LogP contribution in [-0.2, 0) is 14.3 Å². The molecule has 33 heavy (non-hydrogen) atoms. The zero-order chi connectivity index (χ0) is 25.2. The van der Waals surface area contributed by atoms with Crippen LogP contribution in [0.3, 0.4) is 0 Å². The fourth-order valence-electron chi connectivity index (χ4n) is 2.84. The molecular formula is C26H42N4O3. The van der Waals surface area contributed by atoms with Gasteiger partial charge in [0.1, 0.15) is 0 Å². The highest BCUT2D eigenvalue weighted by atomic mass is 16.5. The summed E-state index contributed by atoms with van der Waals surface area (Å²) in [4.78, 5) is 24.4. The molecule has 2 aromatic rings. The maximum atomic E-state index is 12.1. The molecule has 0 atom stereocenters. The number of fused-ring (bicyclic) bond motifs is 1. The van der Waals surface area contributed by atoms with Crippen molar-refractivity contribution in [2.75, 3.05) is 39.2 Å². The molecule has 0 saturated heterocycles. The van der Waals surface area contributed by atoms with E-state index in [1.807, 2.05) is 52.0 Å². The Balaban J connectivity index is 0.000000605. The minimum atomic E-state index is -0.0350. The molecule has 0 aliphatic carbocycles. The van der Waals surface area contributed by atoms with Gasteiger partial charge in [0.05, 0.1) is 5.57 Å². The second-order valence-electron chi connectivity index (χ2n) is 7.45. The summed E-state index contributed by atoms with van der Waals surface area (Å²) in [7, 11) is 3.24. The Morgan fingerprint density at radius 2 is 1.73 bits per heavy atom. The van der Waals surface area contributed by atoms with Gasteiger partial charge in [-0.05, 0) is 77.0 Å². The molecule has 0 bridgehead atoms. The maximum Gasteiger partial charge on any atom is 0.256 e. The lowest BCUT2D eigenvalue weighted by molar-refractivity contribution is -0.111. The Morgan fingerprint density at radius 3 is 2.15 bits per heavy atom. The number of H-pyrrole nitrogens is 1. The van der Waals surface area contributed by atoms with Gasteiger partial charge in [-0.1, -0.05) is 25.5 Å². The van der Waals surface area contributed by atoms with Gasteiger partial charge in [-0.3, -0.25) is 9.59 Å². The second-order valence-corrected chi connectivity index (χ2v) is 7.45. The molecule has 2 amide bonds. The molecule has 1 aliphatic heterocycles. The third-order valence-corrected chi connectivity index (χ3v) is 4.52. The number of methoxy groups -OCH3 is 1. The number of rotatable bonds is 6. The van der Waals surface area contributed by atoms with Crippen molar-refractivity contribution in [2.24, 2.45) is 0 Å². The molecule has 1 aromatic carbocycles. The normalized spacial score (nSPS) is 12.2. The number of ether oxygens (including phenoxy) is 1. The van der Waals surface area contributed by atoms with Crippen molar-refractivity contribution in [2.45, 2.75) is 48.0 Å². The summed E-state index contributed by atoms with van der Waals surface area (Å²) >= 11 is 0. The van der Waals surface area contributed by atoms with E-state index in [2.05, 4.69) is 45.6 Å². The first-order valence-electron chi connectivity index (χ1n) is 11.4. The van der Waals surface area contributed by atoms with Crippen LogP contribution in [0.5, 0.6) is 0 Å². The molecule has 2 heterocycles. The molecule has 0 fully saturated rings. The number of carbonyl (C=O) groups is 2. The second kappa shape index (κ2) is 17.6. The van der Waals surface area contributed by atoms with Crippen molar-refractivity contribution in [1.29, 1.82) is 0 Å². The van der Waals surface area contributed by atoms with Gasteiger partial charge in [-0.15, -0.1) is 0 Å². The van der Waals surface area contributed by atoms with Crippen LogP contribution < -0.4 is 16.0 Å². The van der Waals surface area contributed by atoms with E-state index in [0.717, 1.165) is 59.0 Å². The fraction of sp³-hybridized carbons (Fsp3) is 0.462. The minimum Gasteiger partial charge on any atom is -0.385 e. The Labute approximate surface area is 199 Å². The van der Waals surface area contributed by atoms with Crippen molar-refractivity contribution in [3.8, 4) is 0 Å². The predicted octanol–water partition coefficient (Wildman–Crippen LogP) is 4.45. The van der Waals surface area contributed by atoms with Gasteiger partial charge in [0, 0.05) is 43.4 Å². The third-order valence-electron chi connectivity index (χ3n) is 4.52. The van der Waals surface area contributed by atoms with Gasteiger partial charge >= 0.3 is 0 Å². The molecule has 7 heteroatoms. The highest BCUT2D eigenvalue weighted by molar-refractivity contribution is 6.34. The summed E-state index contributed by atoms with van der Waals surface area (Å²) in [6, 6.07) is 8.09. The first kappa shape index (κ1) is 30.1. The summed E-state index contributed by atoms with van der Waals surface area (Å²) in [6.07, 6.45) is 3.80. The molecule has 0 unspecified atom stereocenters. The highest BCUT2D eigenvalue weighted by Crippen LogP contribution is 2.33. The van der Waals surface area contributed by atoms with Crippen LogP contribution in [0.25, 0.3) is 11.6 Å². The van der Waals surface area contributed by atoms with Crippen LogP contribution in [0.15, 0.2) is 24.3 Å². The lowest BCUT2D eigenvalue weighted by Gasteiger charge is -2.00. The van der Waals surface area contributed by atoms with E-state index in [0.29, 0.717) is 6.41 Å². The molecular weight excluding hydrogens is 416 g/mol. The Bertz CT molecular complexity index is 866. The van der Waals surface area contributed by atoms with Gasteiger partial charge in [-0.2, -0.15) is 0 Å². The van der Waals surface area contributed by atoms with E-state index in [1.54, 1.807) is 14.2 Å². The largest absolute Gasteiger partial charge is 0.385 e. The smallest absolute Gasteiger partial charge is 0.256 e. The average molecular weight is 459 g/mol. The van der Waals surface area contributed by atoms with Gasteiger partial charge in [0.25, 0.3) is 5.91 Å². The van der Waals surface area contributed by atoms with Crippen molar-refractivity contribution in [3.63, 3.8) is 0 Å². The molecule has 0 radical (unpaired) electrons. The van der Waals surface area contributed by atoms with Crippen LogP contribution in [0, 0.1) is 20.8 Å². The number of hydrogen-bond donors (Lipinski definition) is 4. The summed E-state index contributed by atoms with van der Waals surface area (Å²) < 4.78 is 4.54. The molecule has 7 nitrogen and oxygen atoms in total. The van der Waals surface area contributed by atoms with Crippen LogP contribution in [0.2, 0.25) is 0 Å². The average Bonchev–Trinajstić information content (AvgIpc) is 3.30. The van der Waals surface area contributed by atoms with Crippen molar-refractivity contribution < 1.29 is 14.3 Å². The Hall–Kier alpha value is -2.90. The molecule has 0 saturated carbocycles. The van der Waals surface area contributed by atoms with Crippen molar-refractivity contribution in [1.82, 2.24) is 15.6 Å². The SMILES string of the molecule is CCCNCC.CCOC.CNC=O.Cc1ccc2c(c1)/C(=C/c1[nH]c(C)cc1C)C(=O)N2. The van der Waals surface area contributed by atoms with Crippen LogP contribution >= 0.6 is 0 Å². The van der Waals surface area contributed by atoms with E-state index < -0.39 is 0 Å². The predicted molar refractivity (Wildman–Crippen MR) is 139 cm³/mol. The topological polar surface area (TPSA) is 95.2 Å². The molecule has 184 valence electrons. The Kier molecular flexibility index (Phi) is 16.1. The number of nitrogens with one attached hydrogen (secondary N) is 4. The Morgan fingerprint density at radius 1 is 1.09 bits per heavy atom. The van der Waals surface area contributed by atoms with Crippen LogP contribution in [-0.4, -0.2) is 51.2 Å². The van der Waals surface area contributed by atoms with Gasteiger partial charge in [0.2, 0.25) is 6.41 Å². The van der Waals surface area contributed by atoms with Gasteiger partial charge in [0.15, 0.2) is 0 Å². The van der Waals surface area contributed by atoms with Crippen LogP contribution in [0.1, 0.15) is 55.3 Å². The molecule has 1 aliphatic rings. The van der Waals surface area contributed by atoms with Crippen LogP contribution in [0.4, 0.5) is 5.69 Å². The number of amides is 2. The number of aromatic nitrogens is 1. The number of hydrogen-bond acceptors (Lipinski definition) is 4. The number of anilines is 1. The maximum absolute atomic E-state index is 12.1. The summed E-state index contributed by atoms with van der Waals surface area (Å²) in [6.45, 7) is 15.4.